The first kappa shape index (κ1) is 32.7. The molecule has 0 atom stereocenters. The molecular weight excluding hydrogens is 671 g/mol. The molecule has 10 rings (SSSR count). The van der Waals surface area contributed by atoms with Crippen LogP contribution in [0.5, 0.6) is 23.0 Å². The Balaban J connectivity index is 1.19. The SMILES string of the molecule is Cc1ccc(Nc2ccc3c(c2)Oc2c(-c4ccccc4)cc(-c4ccccc4)c4c2B3c2ccc(N(c3ccccc3)c3ccc(C)cc3)cc2O4)cc1. The second-order valence-electron chi connectivity index (χ2n) is 14.4. The van der Waals surface area contributed by atoms with E-state index in [0.717, 1.165) is 90.1 Å². The molecule has 4 nitrogen and oxygen atoms in total. The van der Waals surface area contributed by atoms with Gasteiger partial charge in [-0.2, -0.15) is 0 Å². The fourth-order valence-electron chi connectivity index (χ4n) is 7.96. The minimum Gasteiger partial charge on any atom is -0.458 e. The summed E-state index contributed by atoms with van der Waals surface area (Å²) in [6.07, 6.45) is 0. The van der Waals surface area contributed by atoms with Gasteiger partial charge in [0.2, 0.25) is 0 Å². The summed E-state index contributed by atoms with van der Waals surface area (Å²) in [5, 5.41) is 3.60. The number of para-hydroxylation sites is 1. The fourth-order valence-corrected chi connectivity index (χ4v) is 7.96. The summed E-state index contributed by atoms with van der Waals surface area (Å²) < 4.78 is 14.3. The molecule has 0 saturated heterocycles. The van der Waals surface area contributed by atoms with Crippen LogP contribution in [0.25, 0.3) is 22.3 Å². The van der Waals surface area contributed by atoms with Crippen molar-refractivity contribution in [2.45, 2.75) is 13.8 Å². The summed E-state index contributed by atoms with van der Waals surface area (Å²) in [5.74, 6) is 3.30. The van der Waals surface area contributed by atoms with Crippen LogP contribution in [-0.4, -0.2) is 6.71 Å². The lowest BCUT2D eigenvalue weighted by atomic mass is 9.34. The van der Waals surface area contributed by atoms with E-state index >= 15 is 0 Å². The van der Waals surface area contributed by atoms with Gasteiger partial charge in [0, 0.05) is 57.2 Å². The number of anilines is 5. The average molecular weight is 709 g/mol. The first-order chi connectivity index (χ1) is 27.1. The Kier molecular flexibility index (Phi) is 7.99. The molecule has 0 fully saturated rings. The van der Waals surface area contributed by atoms with Crippen molar-refractivity contribution in [3.8, 4) is 45.3 Å². The lowest BCUT2D eigenvalue weighted by Crippen LogP contribution is -2.57. The molecule has 2 aliphatic heterocycles. The van der Waals surface area contributed by atoms with Crippen molar-refractivity contribution >= 4 is 51.5 Å². The summed E-state index contributed by atoms with van der Waals surface area (Å²) in [6.45, 7) is 4.10. The average Bonchev–Trinajstić information content (AvgIpc) is 3.23. The Morgan fingerprint density at radius 2 is 0.909 bits per heavy atom. The van der Waals surface area contributed by atoms with Gasteiger partial charge < -0.3 is 19.7 Å². The van der Waals surface area contributed by atoms with Gasteiger partial charge >= 0.3 is 0 Å². The molecule has 0 amide bonds. The van der Waals surface area contributed by atoms with Crippen LogP contribution in [0.1, 0.15) is 11.1 Å². The molecule has 8 aromatic carbocycles. The molecular formula is C50H37BN2O2. The normalized spacial score (nSPS) is 12.1. The number of fused-ring (bicyclic) bond motifs is 4. The highest BCUT2D eigenvalue weighted by Crippen LogP contribution is 2.47. The van der Waals surface area contributed by atoms with E-state index in [4.69, 9.17) is 9.47 Å². The van der Waals surface area contributed by atoms with Crippen LogP contribution in [-0.2, 0) is 0 Å². The molecule has 0 spiro atoms. The van der Waals surface area contributed by atoms with Gasteiger partial charge in [-0.3, -0.25) is 0 Å². The third-order valence-corrected chi connectivity index (χ3v) is 10.7. The maximum absolute atomic E-state index is 7.19. The standard InChI is InChI=1S/C50H37BN2O2/c1-33-18-22-37(23-19-33)52-38-24-28-44-46(30-38)54-49-42(35-12-6-3-7-13-35)32-43(36-14-8-4-9-15-36)50-48(49)51(44)45-29-27-41(31-47(45)55-50)53(39-16-10-5-11-17-39)40-25-20-34(2)21-26-40/h3-32,52H,1-2H3. The van der Waals surface area contributed by atoms with Gasteiger partial charge in [-0.1, -0.05) is 126 Å². The number of hydrogen-bond donors (Lipinski definition) is 1. The van der Waals surface area contributed by atoms with Crippen molar-refractivity contribution in [1.29, 1.82) is 0 Å². The first-order valence-corrected chi connectivity index (χ1v) is 18.8. The summed E-state index contributed by atoms with van der Waals surface area (Å²) >= 11 is 0. The fraction of sp³-hybridized carbons (Fsp3) is 0.0400. The van der Waals surface area contributed by atoms with E-state index in [-0.39, 0.29) is 6.71 Å². The highest BCUT2D eigenvalue weighted by Gasteiger charge is 2.43. The van der Waals surface area contributed by atoms with Crippen molar-refractivity contribution in [2.24, 2.45) is 0 Å². The molecule has 5 heteroatoms. The Morgan fingerprint density at radius 1 is 0.436 bits per heavy atom. The predicted octanol–water partition coefficient (Wildman–Crippen LogP) is 11.6. The van der Waals surface area contributed by atoms with Gasteiger partial charge in [-0.05, 0) is 90.5 Å². The van der Waals surface area contributed by atoms with E-state index in [2.05, 4.69) is 206 Å². The largest absolute Gasteiger partial charge is 0.458 e. The van der Waals surface area contributed by atoms with E-state index in [1.54, 1.807) is 0 Å². The molecule has 0 unspecified atom stereocenters. The van der Waals surface area contributed by atoms with E-state index in [0.29, 0.717) is 0 Å². The third-order valence-electron chi connectivity index (χ3n) is 10.7. The first-order valence-electron chi connectivity index (χ1n) is 18.8. The maximum Gasteiger partial charge on any atom is 0.260 e. The van der Waals surface area contributed by atoms with Crippen molar-refractivity contribution in [1.82, 2.24) is 0 Å². The predicted molar refractivity (Wildman–Crippen MR) is 229 cm³/mol. The van der Waals surface area contributed by atoms with Crippen molar-refractivity contribution < 1.29 is 9.47 Å². The zero-order chi connectivity index (χ0) is 36.9. The van der Waals surface area contributed by atoms with Crippen molar-refractivity contribution in [2.75, 3.05) is 10.2 Å². The lowest BCUT2D eigenvalue weighted by Gasteiger charge is -2.36. The minimum atomic E-state index is -0.129. The second-order valence-corrected chi connectivity index (χ2v) is 14.4. The number of rotatable bonds is 7. The van der Waals surface area contributed by atoms with E-state index in [9.17, 15) is 0 Å². The molecule has 2 aliphatic rings. The lowest BCUT2D eigenvalue weighted by molar-refractivity contribution is 0.467. The highest BCUT2D eigenvalue weighted by atomic mass is 16.5. The van der Waals surface area contributed by atoms with Crippen molar-refractivity contribution in [3.63, 3.8) is 0 Å². The third kappa shape index (κ3) is 5.91. The van der Waals surface area contributed by atoms with Gasteiger partial charge in [-0.25, -0.2) is 0 Å². The Morgan fingerprint density at radius 3 is 1.51 bits per heavy atom. The number of hydrogen-bond acceptors (Lipinski definition) is 4. The van der Waals surface area contributed by atoms with Crippen molar-refractivity contribution in [3.05, 3.63) is 193 Å². The van der Waals surface area contributed by atoms with Gasteiger partial charge in [-0.15, -0.1) is 0 Å². The zero-order valence-corrected chi connectivity index (χ0v) is 30.7. The molecule has 0 radical (unpaired) electrons. The molecule has 0 saturated carbocycles. The number of ether oxygens (including phenoxy) is 2. The number of benzene rings is 8. The van der Waals surface area contributed by atoms with Gasteiger partial charge in [0.25, 0.3) is 6.71 Å². The molecule has 262 valence electrons. The maximum atomic E-state index is 7.19. The molecule has 0 aromatic heterocycles. The number of nitrogens with one attached hydrogen (secondary N) is 1. The molecule has 1 N–H and O–H groups in total. The molecule has 55 heavy (non-hydrogen) atoms. The van der Waals surface area contributed by atoms with Crippen LogP contribution in [0, 0.1) is 13.8 Å². The Bertz CT molecular complexity index is 2680. The highest BCUT2D eigenvalue weighted by molar-refractivity contribution is 6.98. The summed E-state index contributed by atoms with van der Waals surface area (Å²) in [5.41, 5.74) is 15.1. The summed E-state index contributed by atoms with van der Waals surface area (Å²) in [7, 11) is 0. The molecule has 0 aliphatic carbocycles. The van der Waals surface area contributed by atoms with Crippen LogP contribution in [0.2, 0.25) is 0 Å². The Labute approximate surface area is 322 Å². The zero-order valence-electron chi connectivity index (χ0n) is 30.7. The van der Waals surface area contributed by atoms with Crippen LogP contribution >= 0.6 is 0 Å². The van der Waals surface area contributed by atoms with Gasteiger partial charge in [0.05, 0.1) is 0 Å². The van der Waals surface area contributed by atoms with Crippen LogP contribution < -0.4 is 36.1 Å². The van der Waals surface area contributed by atoms with E-state index in [1.807, 2.05) is 0 Å². The molecule has 2 heterocycles. The van der Waals surface area contributed by atoms with Gasteiger partial charge in [0.1, 0.15) is 23.0 Å². The molecule has 8 aromatic rings. The summed E-state index contributed by atoms with van der Waals surface area (Å²) in [4.78, 5) is 2.29. The van der Waals surface area contributed by atoms with Crippen LogP contribution in [0.4, 0.5) is 28.4 Å². The Hall–Kier alpha value is -6.98. The summed E-state index contributed by atoms with van der Waals surface area (Å²) in [6, 6.07) is 64.2. The van der Waals surface area contributed by atoms with Crippen LogP contribution in [0.15, 0.2) is 182 Å². The second kappa shape index (κ2) is 13.5. The number of nitrogens with zero attached hydrogens (tertiary/aromatic N) is 1. The minimum absolute atomic E-state index is 0.129. The number of aryl methyl sites for hydroxylation is 2. The quantitative estimate of drug-likeness (QED) is 0.167. The monoisotopic (exact) mass is 708 g/mol. The topological polar surface area (TPSA) is 33.7 Å². The smallest absolute Gasteiger partial charge is 0.260 e. The van der Waals surface area contributed by atoms with E-state index < -0.39 is 0 Å². The van der Waals surface area contributed by atoms with Gasteiger partial charge in [0.15, 0.2) is 0 Å². The van der Waals surface area contributed by atoms with Crippen LogP contribution in [0.3, 0.4) is 0 Å². The molecule has 0 bridgehead atoms. The van der Waals surface area contributed by atoms with E-state index in [1.165, 1.54) is 11.1 Å².